The zero-order chi connectivity index (χ0) is 14.1. The van der Waals surface area contributed by atoms with Crippen molar-refractivity contribution in [3.05, 3.63) is 11.8 Å². The molecule has 0 spiro atoms. The number of thioether (sulfide) groups is 1. The minimum absolute atomic E-state index is 0.113. The Morgan fingerprint density at radius 3 is 2.90 bits per heavy atom. The number of anilines is 1. The lowest BCUT2D eigenvalue weighted by Crippen LogP contribution is -2.18. The molecule has 1 amide bonds. The maximum absolute atomic E-state index is 12.0. The molecule has 0 aromatic carbocycles. The third-order valence-electron chi connectivity index (χ3n) is 4.20. The van der Waals surface area contributed by atoms with E-state index in [4.69, 9.17) is 0 Å². The molecule has 2 aliphatic rings. The lowest BCUT2D eigenvalue weighted by molar-refractivity contribution is -0.113. The number of amides is 1. The van der Waals surface area contributed by atoms with E-state index in [2.05, 4.69) is 28.9 Å². The highest BCUT2D eigenvalue weighted by Gasteiger charge is 2.29. The van der Waals surface area contributed by atoms with Gasteiger partial charge < -0.3 is 5.32 Å². The van der Waals surface area contributed by atoms with Gasteiger partial charge in [0, 0.05) is 10.8 Å². The van der Waals surface area contributed by atoms with E-state index in [0.29, 0.717) is 23.0 Å². The molecule has 4 nitrogen and oxygen atoms in total. The monoisotopic (exact) mass is 293 g/mol. The van der Waals surface area contributed by atoms with Gasteiger partial charge in [-0.3, -0.25) is 4.79 Å². The van der Waals surface area contributed by atoms with Gasteiger partial charge in [0.05, 0.1) is 18.0 Å². The number of fused-ring (bicyclic) bond motifs is 1. The Morgan fingerprint density at radius 2 is 2.20 bits per heavy atom. The molecule has 1 fully saturated rings. The van der Waals surface area contributed by atoms with Crippen molar-refractivity contribution in [1.29, 1.82) is 0 Å². The first-order valence-electron chi connectivity index (χ1n) is 7.64. The van der Waals surface area contributed by atoms with Gasteiger partial charge in [0.1, 0.15) is 5.82 Å². The van der Waals surface area contributed by atoms with Gasteiger partial charge in [-0.2, -0.15) is 5.10 Å². The summed E-state index contributed by atoms with van der Waals surface area (Å²) in [6.45, 7) is 4.48. The van der Waals surface area contributed by atoms with Crippen LogP contribution in [0.1, 0.15) is 62.8 Å². The average Bonchev–Trinajstić information content (AvgIpc) is 3.00. The van der Waals surface area contributed by atoms with Crippen molar-refractivity contribution in [2.24, 2.45) is 5.92 Å². The van der Waals surface area contributed by atoms with Gasteiger partial charge in [-0.05, 0) is 25.2 Å². The lowest BCUT2D eigenvalue weighted by Gasteiger charge is -2.17. The number of hydrogen-bond acceptors (Lipinski definition) is 3. The SMILES string of the molecule is CC(C)C[C@H]1SCC(=O)Nc2c1cnn2C1CCCC1. The van der Waals surface area contributed by atoms with Crippen LogP contribution in [0, 0.1) is 5.92 Å². The number of carbonyl (C=O) groups is 1. The third-order valence-corrected chi connectivity index (χ3v) is 5.48. The zero-order valence-corrected chi connectivity index (χ0v) is 13.1. The van der Waals surface area contributed by atoms with Gasteiger partial charge in [-0.15, -0.1) is 11.8 Å². The highest BCUT2D eigenvalue weighted by Crippen LogP contribution is 2.42. The largest absolute Gasteiger partial charge is 0.310 e. The van der Waals surface area contributed by atoms with E-state index in [1.807, 2.05) is 6.20 Å². The molecule has 1 aliphatic heterocycles. The second-order valence-electron chi connectivity index (χ2n) is 6.31. The van der Waals surface area contributed by atoms with Crippen LogP contribution >= 0.6 is 11.8 Å². The molecule has 0 bridgehead atoms. The molecule has 1 N–H and O–H groups in total. The van der Waals surface area contributed by atoms with Crippen LogP contribution in [0.2, 0.25) is 0 Å². The number of hydrogen-bond donors (Lipinski definition) is 1. The fourth-order valence-electron chi connectivity index (χ4n) is 3.22. The van der Waals surface area contributed by atoms with Crippen LogP contribution in [0.5, 0.6) is 0 Å². The van der Waals surface area contributed by atoms with Gasteiger partial charge in [-0.1, -0.05) is 26.7 Å². The van der Waals surface area contributed by atoms with E-state index < -0.39 is 0 Å². The molecule has 5 heteroatoms. The molecule has 0 radical (unpaired) electrons. The van der Waals surface area contributed by atoms with E-state index >= 15 is 0 Å². The summed E-state index contributed by atoms with van der Waals surface area (Å²) in [7, 11) is 0. The van der Waals surface area contributed by atoms with Gasteiger partial charge in [0.25, 0.3) is 0 Å². The lowest BCUT2D eigenvalue weighted by atomic mass is 10.0. The summed E-state index contributed by atoms with van der Waals surface area (Å²) in [6, 6.07) is 0.474. The maximum atomic E-state index is 12.0. The molecular weight excluding hydrogens is 270 g/mol. The number of nitrogens with zero attached hydrogens (tertiary/aromatic N) is 2. The number of rotatable bonds is 3. The minimum atomic E-state index is 0.113. The van der Waals surface area contributed by atoms with Crippen LogP contribution in [0.25, 0.3) is 0 Å². The van der Waals surface area contributed by atoms with Gasteiger partial charge in [0.2, 0.25) is 5.91 Å². The fourth-order valence-corrected chi connectivity index (χ4v) is 4.52. The first-order chi connectivity index (χ1) is 9.65. The van der Waals surface area contributed by atoms with Crippen molar-refractivity contribution in [2.45, 2.75) is 57.2 Å². The molecule has 1 aromatic heterocycles. The predicted molar refractivity (Wildman–Crippen MR) is 83.0 cm³/mol. The number of aromatic nitrogens is 2. The smallest absolute Gasteiger partial charge is 0.235 e. The van der Waals surface area contributed by atoms with Crippen LogP contribution in [0.15, 0.2) is 6.20 Å². The van der Waals surface area contributed by atoms with Crippen molar-refractivity contribution >= 4 is 23.5 Å². The Labute approximate surface area is 124 Å². The Kier molecular flexibility index (Phi) is 4.06. The highest BCUT2D eigenvalue weighted by molar-refractivity contribution is 8.00. The first kappa shape index (κ1) is 14.0. The fraction of sp³-hybridized carbons (Fsp3) is 0.733. The van der Waals surface area contributed by atoms with Crippen LogP contribution in [0.3, 0.4) is 0 Å². The first-order valence-corrected chi connectivity index (χ1v) is 8.69. The summed E-state index contributed by atoms with van der Waals surface area (Å²) in [4.78, 5) is 12.0. The molecule has 2 heterocycles. The predicted octanol–water partition coefficient (Wildman–Crippen LogP) is 3.77. The molecule has 0 unspecified atom stereocenters. The second-order valence-corrected chi connectivity index (χ2v) is 7.50. The molecular formula is C15H23N3OS. The summed E-state index contributed by atoms with van der Waals surface area (Å²) in [6.07, 6.45) is 8.01. The molecule has 1 aliphatic carbocycles. The van der Waals surface area contributed by atoms with E-state index in [0.717, 1.165) is 12.2 Å². The molecule has 3 rings (SSSR count). The van der Waals surface area contributed by atoms with Gasteiger partial charge in [-0.25, -0.2) is 4.68 Å². The molecule has 20 heavy (non-hydrogen) atoms. The summed E-state index contributed by atoms with van der Waals surface area (Å²) in [5.41, 5.74) is 1.22. The quantitative estimate of drug-likeness (QED) is 0.922. The molecule has 1 atom stereocenters. The van der Waals surface area contributed by atoms with Crippen molar-refractivity contribution in [2.75, 3.05) is 11.1 Å². The third kappa shape index (κ3) is 2.73. The van der Waals surface area contributed by atoms with Crippen LogP contribution in [-0.4, -0.2) is 21.4 Å². The second kappa shape index (κ2) is 5.80. The number of carbonyl (C=O) groups excluding carboxylic acids is 1. The number of nitrogens with one attached hydrogen (secondary N) is 1. The molecule has 1 saturated carbocycles. The Morgan fingerprint density at radius 1 is 1.45 bits per heavy atom. The van der Waals surface area contributed by atoms with Gasteiger partial charge in [0.15, 0.2) is 0 Å². The van der Waals surface area contributed by atoms with E-state index in [1.165, 1.54) is 31.2 Å². The molecule has 110 valence electrons. The topological polar surface area (TPSA) is 46.9 Å². The zero-order valence-electron chi connectivity index (χ0n) is 12.3. The van der Waals surface area contributed by atoms with Gasteiger partial charge >= 0.3 is 0 Å². The van der Waals surface area contributed by atoms with Crippen LogP contribution in [0.4, 0.5) is 5.82 Å². The summed E-state index contributed by atoms with van der Waals surface area (Å²) < 4.78 is 2.08. The average molecular weight is 293 g/mol. The van der Waals surface area contributed by atoms with Crippen molar-refractivity contribution in [1.82, 2.24) is 9.78 Å². The van der Waals surface area contributed by atoms with Crippen molar-refractivity contribution in [3.8, 4) is 0 Å². The minimum Gasteiger partial charge on any atom is -0.310 e. The maximum Gasteiger partial charge on any atom is 0.235 e. The summed E-state index contributed by atoms with van der Waals surface area (Å²) in [5.74, 6) is 2.26. The van der Waals surface area contributed by atoms with E-state index in [-0.39, 0.29) is 5.91 Å². The molecule has 0 saturated heterocycles. The van der Waals surface area contributed by atoms with E-state index in [9.17, 15) is 4.79 Å². The Hall–Kier alpha value is -0.970. The van der Waals surface area contributed by atoms with Crippen LogP contribution < -0.4 is 5.32 Å². The van der Waals surface area contributed by atoms with Crippen molar-refractivity contribution < 1.29 is 4.79 Å². The van der Waals surface area contributed by atoms with E-state index in [1.54, 1.807) is 11.8 Å². The van der Waals surface area contributed by atoms with Crippen molar-refractivity contribution in [3.63, 3.8) is 0 Å². The summed E-state index contributed by atoms with van der Waals surface area (Å²) >= 11 is 1.75. The standard InChI is InChI=1S/C15H23N3OS/c1-10(2)7-13-12-8-16-18(11-5-3-4-6-11)15(12)17-14(19)9-20-13/h8,10-11,13H,3-7,9H2,1-2H3,(H,17,19)/t13-/m1/s1. The normalized spacial score (nSPS) is 23.8. The van der Waals surface area contributed by atoms with Crippen LogP contribution in [-0.2, 0) is 4.79 Å². The Balaban J connectivity index is 1.93. The summed E-state index contributed by atoms with van der Waals surface area (Å²) in [5, 5.41) is 8.08. The highest BCUT2D eigenvalue weighted by atomic mass is 32.2. The molecule has 1 aromatic rings. The Bertz CT molecular complexity index is 491.